The predicted molar refractivity (Wildman–Crippen MR) is 120 cm³/mol. The number of hydrogen-bond donors (Lipinski definition) is 2. The first-order valence-corrected chi connectivity index (χ1v) is 10.5. The number of anilines is 2. The zero-order chi connectivity index (χ0) is 23.3. The smallest absolute Gasteiger partial charge is 0.338 e. The van der Waals surface area contributed by atoms with E-state index in [4.69, 9.17) is 9.47 Å². The van der Waals surface area contributed by atoms with Gasteiger partial charge in [-0.1, -0.05) is 32.0 Å². The summed E-state index contributed by atoms with van der Waals surface area (Å²) in [6.07, 6.45) is 1.32. The lowest BCUT2D eigenvalue weighted by Gasteiger charge is -2.10. The fourth-order valence-electron chi connectivity index (χ4n) is 2.76. The van der Waals surface area contributed by atoms with Gasteiger partial charge in [-0.2, -0.15) is 0 Å². The van der Waals surface area contributed by atoms with Gasteiger partial charge in [0.2, 0.25) is 5.91 Å². The van der Waals surface area contributed by atoms with Gasteiger partial charge in [-0.05, 0) is 48.7 Å². The van der Waals surface area contributed by atoms with Gasteiger partial charge in [0.25, 0.3) is 5.91 Å². The fourth-order valence-corrected chi connectivity index (χ4v) is 2.76. The van der Waals surface area contributed by atoms with Gasteiger partial charge in [0, 0.05) is 17.8 Å². The van der Waals surface area contributed by atoms with Crippen molar-refractivity contribution in [2.45, 2.75) is 39.5 Å². The molecule has 2 N–H and O–H groups in total. The third-order valence-corrected chi connectivity index (χ3v) is 4.43. The molecule has 0 saturated heterocycles. The van der Waals surface area contributed by atoms with E-state index in [0.717, 1.165) is 24.1 Å². The van der Waals surface area contributed by atoms with E-state index in [9.17, 15) is 19.2 Å². The quantitative estimate of drug-likeness (QED) is 0.515. The van der Waals surface area contributed by atoms with Crippen LogP contribution in [-0.2, 0) is 30.3 Å². The summed E-state index contributed by atoms with van der Waals surface area (Å²) in [5.74, 6) is -1.90. The normalized spacial score (nSPS) is 10.2. The molecule has 0 aliphatic rings. The predicted octanol–water partition coefficient (Wildman–Crippen LogP) is 3.72. The summed E-state index contributed by atoms with van der Waals surface area (Å²) in [7, 11) is 0. The molecule has 0 aromatic heterocycles. The van der Waals surface area contributed by atoms with Crippen molar-refractivity contribution in [3.05, 3.63) is 59.7 Å². The second kappa shape index (κ2) is 12.9. The van der Waals surface area contributed by atoms with Gasteiger partial charge in [0.05, 0.1) is 18.6 Å². The molecule has 0 fully saturated rings. The van der Waals surface area contributed by atoms with Crippen molar-refractivity contribution in [3.8, 4) is 0 Å². The molecule has 2 aromatic rings. The van der Waals surface area contributed by atoms with Crippen molar-refractivity contribution >= 4 is 35.1 Å². The summed E-state index contributed by atoms with van der Waals surface area (Å²) in [6, 6.07) is 13.6. The molecular formula is C24H28N2O6. The average molecular weight is 440 g/mol. The van der Waals surface area contributed by atoms with Crippen LogP contribution in [0.5, 0.6) is 0 Å². The number of rotatable bonds is 11. The zero-order valence-corrected chi connectivity index (χ0v) is 18.3. The molecule has 8 heteroatoms. The molecule has 0 atom stereocenters. The molecule has 2 amide bonds. The van der Waals surface area contributed by atoms with E-state index in [1.165, 1.54) is 12.1 Å². The fraction of sp³-hybridized carbons (Fsp3) is 0.333. The number of ether oxygens (including phenoxy) is 2. The Balaban J connectivity index is 1.70. The molecule has 8 nitrogen and oxygen atoms in total. The van der Waals surface area contributed by atoms with Gasteiger partial charge in [-0.3, -0.25) is 14.4 Å². The Hall–Kier alpha value is -3.68. The number of esters is 2. The van der Waals surface area contributed by atoms with Gasteiger partial charge in [0.1, 0.15) is 0 Å². The van der Waals surface area contributed by atoms with Crippen molar-refractivity contribution in [3.63, 3.8) is 0 Å². The molecule has 0 saturated carbocycles. The molecule has 0 bridgehead atoms. The minimum Gasteiger partial charge on any atom is -0.462 e. The van der Waals surface area contributed by atoms with Gasteiger partial charge in [-0.15, -0.1) is 0 Å². The molecule has 0 aliphatic heterocycles. The summed E-state index contributed by atoms with van der Waals surface area (Å²) in [5, 5.41) is 5.35. The van der Waals surface area contributed by atoms with Crippen LogP contribution in [0.4, 0.5) is 11.4 Å². The third kappa shape index (κ3) is 8.22. The maximum Gasteiger partial charge on any atom is 0.338 e. The topological polar surface area (TPSA) is 111 Å². The van der Waals surface area contributed by atoms with Crippen LogP contribution in [-0.4, -0.2) is 37.0 Å². The summed E-state index contributed by atoms with van der Waals surface area (Å²) in [6.45, 7) is 3.76. The molecule has 2 aromatic carbocycles. The number of nitrogens with one attached hydrogen (secondary N) is 2. The first-order valence-electron chi connectivity index (χ1n) is 10.5. The average Bonchev–Trinajstić information content (AvgIpc) is 2.80. The lowest BCUT2D eigenvalue weighted by molar-refractivity contribution is -0.147. The Morgan fingerprint density at radius 3 is 2.22 bits per heavy atom. The van der Waals surface area contributed by atoms with Crippen LogP contribution in [0.15, 0.2) is 48.5 Å². The van der Waals surface area contributed by atoms with E-state index in [0.29, 0.717) is 17.9 Å². The Morgan fingerprint density at radius 1 is 0.812 bits per heavy atom. The molecule has 0 radical (unpaired) electrons. The summed E-state index contributed by atoms with van der Waals surface area (Å²) in [5.41, 5.74) is 2.55. The van der Waals surface area contributed by atoms with E-state index in [-0.39, 0.29) is 18.7 Å². The zero-order valence-electron chi connectivity index (χ0n) is 18.3. The van der Waals surface area contributed by atoms with Crippen molar-refractivity contribution in [2.24, 2.45) is 0 Å². The van der Waals surface area contributed by atoms with Crippen LogP contribution in [0.25, 0.3) is 0 Å². The molecule has 32 heavy (non-hydrogen) atoms. The second-order valence-corrected chi connectivity index (χ2v) is 6.98. The van der Waals surface area contributed by atoms with Crippen molar-refractivity contribution in [1.82, 2.24) is 0 Å². The molecule has 0 heterocycles. The number of amides is 2. The number of benzene rings is 2. The van der Waals surface area contributed by atoms with Crippen LogP contribution in [0.2, 0.25) is 0 Å². The van der Waals surface area contributed by atoms with Crippen LogP contribution < -0.4 is 10.6 Å². The van der Waals surface area contributed by atoms with Crippen molar-refractivity contribution < 1.29 is 28.7 Å². The third-order valence-electron chi connectivity index (χ3n) is 4.43. The Morgan fingerprint density at radius 2 is 1.53 bits per heavy atom. The van der Waals surface area contributed by atoms with Gasteiger partial charge >= 0.3 is 11.9 Å². The highest BCUT2D eigenvalue weighted by Gasteiger charge is 2.12. The Bertz CT molecular complexity index is 940. The highest BCUT2D eigenvalue weighted by atomic mass is 16.5. The summed E-state index contributed by atoms with van der Waals surface area (Å²) < 4.78 is 9.96. The molecule has 0 aliphatic carbocycles. The number of para-hydroxylation sites is 1. The molecular weight excluding hydrogens is 412 g/mol. The minimum absolute atomic E-state index is 0.0475. The van der Waals surface area contributed by atoms with E-state index in [2.05, 4.69) is 10.6 Å². The highest BCUT2D eigenvalue weighted by molar-refractivity contribution is 5.95. The Kier molecular flexibility index (Phi) is 9.90. The highest BCUT2D eigenvalue weighted by Crippen LogP contribution is 2.16. The first-order chi connectivity index (χ1) is 15.4. The van der Waals surface area contributed by atoms with E-state index in [1.54, 1.807) is 18.2 Å². The van der Waals surface area contributed by atoms with Crippen LogP contribution in [0.3, 0.4) is 0 Å². The molecule has 0 unspecified atom stereocenters. The van der Waals surface area contributed by atoms with Gasteiger partial charge < -0.3 is 20.1 Å². The molecule has 2 rings (SSSR count). The molecule has 170 valence electrons. The number of hydrogen-bond acceptors (Lipinski definition) is 6. The maximum atomic E-state index is 12.1. The lowest BCUT2D eigenvalue weighted by atomic mass is 10.1. The first kappa shape index (κ1) is 24.6. The van der Waals surface area contributed by atoms with Crippen LogP contribution >= 0.6 is 0 Å². The van der Waals surface area contributed by atoms with Crippen molar-refractivity contribution in [1.29, 1.82) is 0 Å². The van der Waals surface area contributed by atoms with E-state index >= 15 is 0 Å². The van der Waals surface area contributed by atoms with Gasteiger partial charge in [-0.25, -0.2) is 4.79 Å². The van der Waals surface area contributed by atoms with Crippen LogP contribution in [0, 0.1) is 0 Å². The molecule has 0 spiro atoms. The number of aryl methyl sites for hydroxylation is 1. The number of carbonyl (C=O) groups is 4. The van der Waals surface area contributed by atoms with Gasteiger partial charge in [0.15, 0.2) is 6.61 Å². The second-order valence-electron chi connectivity index (χ2n) is 6.98. The SMILES string of the molecule is CCCOC(=O)c1ccc(NC(=O)COC(=O)CCC(=O)Nc2ccccc2CC)cc1. The van der Waals surface area contributed by atoms with Crippen LogP contribution in [0.1, 0.15) is 49.0 Å². The minimum atomic E-state index is -0.645. The van der Waals surface area contributed by atoms with E-state index < -0.39 is 24.5 Å². The summed E-state index contributed by atoms with van der Waals surface area (Å²) in [4.78, 5) is 47.6. The van der Waals surface area contributed by atoms with Crippen molar-refractivity contribution in [2.75, 3.05) is 23.8 Å². The monoisotopic (exact) mass is 440 g/mol. The van der Waals surface area contributed by atoms with E-state index in [1.807, 2.05) is 32.0 Å². The Labute approximate surface area is 187 Å². The summed E-state index contributed by atoms with van der Waals surface area (Å²) >= 11 is 0. The standard InChI is InChI=1S/C24H28N2O6/c1-3-15-31-24(30)18-9-11-19(12-10-18)25-22(28)16-32-23(29)14-13-21(27)26-20-8-6-5-7-17(20)4-2/h5-12H,3-4,13-16H2,1-2H3,(H,25,28)(H,26,27). The maximum absolute atomic E-state index is 12.1. The largest absolute Gasteiger partial charge is 0.462 e. The number of carbonyl (C=O) groups excluding carboxylic acids is 4. The lowest BCUT2D eigenvalue weighted by Crippen LogP contribution is -2.22.